The Labute approximate surface area is 119 Å². The lowest BCUT2D eigenvalue weighted by atomic mass is 10.3. The highest BCUT2D eigenvalue weighted by Crippen LogP contribution is 2.20. The first-order valence-electron chi connectivity index (χ1n) is 5.50. The number of anilines is 1. The molecule has 0 radical (unpaired) electrons. The molecule has 1 heterocycles. The fraction of sp³-hybridized carbons (Fsp3) is 0.154. The largest absolute Gasteiger partial charge is 0.468 e. The van der Waals surface area contributed by atoms with E-state index in [1.54, 1.807) is 12.3 Å². The first-order valence-corrected chi connectivity index (χ1v) is 7.03. The van der Waals surface area contributed by atoms with Gasteiger partial charge in [-0.2, -0.15) is 0 Å². The lowest BCUT2D eigenvalue weighted by molar-refractivity contribution is -0.113. The molecule has 1 amide bonds. The molecule has 2 aromatic rings. The van der Waals surface area contributed by atoms with Gasteiger partial charge in [0.2, 0.25) is 5.91 Å². The zero-order chi connectivity index (χ0) is 13.7. The van der Waals surface area contributed by atoms with Crippen LogP contribution < -0.4 is 5.32 Å². The molecule has 0 fully saturated rings. The molecule has 0 bridgehead atoms. The lowest BCUT2D eigenvalue weighted by Crippen LogP contribution is -2.15. The van der Waals surface area contributed by atoms with Crippen LogP contribution in [0.4, 0.5) is 10.1 Å². The van der Waals surface area contributed by atoms with Crippen LogP contribution in [0.25, 0.3) is 0 Å². The molecule has 1 aromatic carbocycles. The second-order valence-electron chi connectivity index (χ2n) is 3.74. The van der Waals surface area contributed by atoms with Crippen molar-refractivity contribution in [1.29, 1.82) is 0 Å². The zero-order valence-corrected chi connectivity index (χ0v) is 11.4. The summed E-state index contributed by atoms with van der Waals surface area (Å²) in [5, 5.41) is 2.86. The highest BCUT2D eigenvalue weighted by molar-refractivity contribution is 7.99. The van der Waals surface area contributed by atoms with Crippen molar-refractivity contribution in [3.8, 4) is 0 Å². The molecule has 0 spiro atoms. The molecule has 1 N–H and O–H groups in total. The predicted octanol–water partition coefficient (Wildman–Crippen LogP) is 3.94. The van der Waals surface area contributed by atoms with E-state index in [1.165, 1.54) is 30.0 Å². The molecule has 1 aromatic heterocycles. The van der Waals surface area contributed by atoms with Crippen LogP contribution >= 0.6 is 23.4 Å². The number of hydrogen-bond acceptors (Lipinski definition) is 3. The van der Waals surface area contributed by atoms with Crippen molar-refractivity contribution in [2.24, 2.45) is 0 Å². The standard InChI is InChI=1S/C13H11ClFNO2S/c14-9-3-4-11(15)12(6-9)16-13(17)8-19-7-10-2-1-5-18-10/h1-6H,7-8H2,(H,16,17). The van der Waals surface area contributed by atoms with Crippen LogP contribution in [0.3, 0.4) is 0 Å². The van der Waals surface area contributed by atoms with Gasteiger partial charge in [0, 0.05) is 5.02 Å². The fourth-order valence-corrected chi connectivity index (χ4v) is 2.32. The number of benzene rings is 1. The Morgan fingerprint density at radius 1 is 1.42 bits per heavy atom. The van der Waals surface area contributed by atoms with Crippen molar-refractivity contribution in [1.82, 2.24) is 0 Å². The number of carbonyl (C=O) groups excluding carboxylic acids is 1. The Bertz CT molecular complexity index is 560. The number of thioether (sulfide) groups is 1. The van der Waals surface area contributed by atoms with Crippen LogP contribution in [0.1, 0.15) is 5.76 Å². The van der Waals surface area contributed by atoms with Crippen molar-refractivity contribution in [2.75, 3.05) is 11.1 Å². The Morgan fingerprint density at radius 3 is 3.00 bits per heavy atom. The van der Waals surface area contributed by atoms with Gasteiger partial charge in [-0.05, 0) is 30.3 Å². The molecule has 2 rings (SSSR count). The summed E-state index contributed by atoms with van der Waals surface area (Å²) in [6, 6.07) is 7.65. The average Bonchev–Trinajstić information content (AvgIpc) is 2.87. The molecule has 0 aliphatic rings. The summed E-state index contributed by atoms with van der Waals surface area (Å²) in [7, 11) is 0. The minimum Gasteiger partial charge on any atom is -0.468 e. The van der Waals surface area contributed by atoms with Crippen LogP contribution in [-0.2, 0) is 10.5 Å². The van der Waals surface area contributed by atoms with E-state index in [2.05, 4.69) is 5.32 Å². The molecule has 19 heavy (non-hydrogen) atoms. The van der Waals surface area contributed by atoms with Gasteiger partial charge >= 0.3 is 0 Å². The quantitative estimate of drug-likeness (QED) is 0.909. The summed E-state index contributed by atoms with van der Waals surface area (Å²) >= 11 is 7.12. The van der Waals surface area contributed by atoms with Crippen molar-refractivity contribution in [3.63, 3.8) is 0 Å². The van der Waals surface area contributed by atoms with Crippen LogP contribution in [0, 0.1) is 5.82 Å². The second kappa shape index (κ2) is 6.63. The van der Waals surface area contributed by atoms with Crippen molar-refractivity contribution >= 4 is 35.0 Å². The Balaban J connectivity index is 1.82. The molecule has 0 aliphatic heterocycles. The SMILES string of the molecule is O=C(CSCc1ccco1)Nc1cc(Cl)ccc1F. The van der Waals surface area contributed by atoms with Crippen LogP contribution in [-0.4, -0.2) is 11.7 Å². The van der Waals surface area contributed by atoms with E-state index in [0.717, 1.165) is 5.76 Å². The third kappa shape index (κ3) is 4.29. The molecule has 0 aliphatic carbocycles. The number of furan rings is 1. The van der Waals surface area contributed by atoms with Crippen molar-refractivity contribution in [3.05, 3.63) is 53.2 Å². The Kier molecular flexibility index (Phi) is 4.87. The molecule has 0 saturated heterocycles. The van der Waals surface area contributed by atoms with Gasteiger partial charge < -0.3 is 9.73 Å². The third-order valence-corrected chi connectivity index (χ3v) is 3.45. The number of amides is 1. The summed E-state index contributed by atoms with van der Waals surface area (Å²) in [5.74, 6) is 0.823. The minimum atomic E-state index is -0.506. The summed E-state index contributed by atoms with van der Waals surface area (Å²) in [5.41, 5.74) is 0.0936. The summed E-state index contributed by atoms with van der Waals surface area (Å²) < 4.78 is 18.5. The number of rotatable bonds is 5. The van der Waals surface area contributed by atoms with Crippen molar-refractivity contribution in [2.45, 2.75) is 5.75 Å². The van der Waals surface area contributed by atoms with E-state index in [0.29, 0.717) is 10.8 Å². The van der Waals surface area contributed by atoms with E-state index < -0.39 is 5.82 Å². The first kappa shape index (κ1) is 14.0. The molecule has 0 unspecified atom stereocenters. The van der Waals surface area contributed by atoms with Gasteiger partial charge in [-0.15, -0.1) is 11.8 Å². The Hall–Kier alpha value is -1.46. The molecule has 100 valence electrons. The normalized spacial score (nSPS) is 10.4. The highest BCUT2D eigenvalue weighted by atomic mass is 35.5. The smallest absolute Gasteiger partial charge is 0.234 e. The fourth-order valence-electron chi connectivity index (χ4n) is 1.42. The van der Waals surface area contributed by atoms with E-state index >= 15 is 0 Å². The summed E-state index contributed by atoms with van der Waals surface area (Å²) in [4.78, 5) is 11.6. The number of carbonyl (C=O) groups is 1. The van der Waals surface area contributed by atoms with Gasteiger partial charge in [0.25, 0.3) is 0 Å². The van der Waals surface area contributed by atoms with Gasteiger partial charge in [0.05, 0.1) is 23.5 Å². The number of halogens is 2. The lowest BCUT2D eigenvalue weighted by Gasteiger charge is -2.06. The van der Waals surface area contributed by atoms with Gasteiger partial charge in [0.1, 0.15) is 11.6 Å². The molecular weight excluding hydrogens is 289 g/mol. The van der Waals surface area contributed by atoms with Crippen LogP contribution in [0.2, 0.25) is 5.02 Å². The minimum absolute atomic E-state index is 0.0936. The predicted molar refractivity (Wildman–Crippen MR) is 74.9 cm³/mol. The van der Waals surface area contributed by atoms with E-state index in [1.807, 2.05) is 6.07 Å². The highest BCUT2D eigenvalue weighted by Gasteiger charge is 2.08. The first-order chi connectivity index (χ1) is 9.15. The maximum atomic E-state index is 13.4. The molecule has 0 atom stereocenters. The maximum absolute atomic E-state index is 13.4. The van der Waals surface area contributed by atoms with Gasteiger partial charge in [0.15, 0.2) is 0 Å². The third-order valence-electron chi connectivity index (χ3n) is 2.26. The Morgan fingerprint density at radius 2 is 2.26 bits per heavy atom. The van der Waals surface area contributed by atoms with Crippen molar-refractivity contribution < 1.29 is 13.6 Å². The number of nitrogens with one attached hydrogen (secondary N) is 1. The van der Waals surface area contributed by atoms with Crippen LogP contribution in [0.15, 0.2) is 41.0 Å². The van der Waals surface area contributed by atoms with Gasteiger partial charge in [-0.25, -0.2) is 4.39 Å². The molecule has 0 saturated carbocycles. The van der Waals surface area contributed by atoms with E-state index in [9.17, 15) is 9.18 Å². The van der Waals surface area contributed by atoms with E-state index in [-0.39, 0.29) is 17.3 Å². The average molecular weight is 300 g/mol. The second-order valence-corrected chi connectivity index (χ2v) is 5.17. The van der Waals surface area contributed by atoms with Gasteiger partial charge in [-0.3, -0.25) is 4.79 Å². The maximum Gasteiger partial charge on any atom is 0.234 e. The molecule has 6 heteroatoms. The zero-order valence-electron chi connectivity index (χ0n) is 9.86. The van der Waals surface area contributed by atoms with Gasteiger partial charge in [-0.1, -0.05) is 11.6 Å². The van der Waals surface area contributed by atoms with Crippen LogP contribution in [0.5, 0.6) is 0 Å². The molecule has 3 nitrogen and oxygen atoms in total. The summed E-state index contributed by atoms with van der Waals surface area (Å²) in [6.07, 6.45) is 1.58. The van der Waals surface area contributed by atoms with E-state index in [4.69, 9.17) is 16.0 Å². The molecular formula is C13H11ClFNO2S. The topological polar surface area (TPSA) is 42.2 Å². The monoisotopic (exact) mass is 299 g/mol. The summed E-state index contributed by atoms with van der Waals surface area (Å²) in [6.45, 7) is 0. The number of hydrogen-bond donors (Lipinski definition) is 1.